The van der Waals surface area contributed by atoms with Crippen LogP contribution in [0.5, 0.6) is 5.75 Å². The number of benzene rings is 1. The second kappa shape index (κ2) is 9.05. The van der Waals surface area contributed by atoms with Gasteiger partial charge in [-0.2, -0.15) is 0 Å². The Morgan fingerprint density at radius 2 is 2.13 bits per heavy atom. The van der Waals surface area contributed by atoms with Gasteiger partial charge in [0.15, 0.2) is 0 Å². The smallest absolute Gasteiger partial charge is 0.241 e. The van der Waals surface area contributed by atoms with Crippen LogP contribution in [0.25, 0.3) is 0 Å². The average Bonchev–Trinajstić information content (AvgIpc) is 2.99. The molecular weight excluding hydrogens is 382 g/mol. The van der Waals surface area contributed by atoms with Crippen LogP contribution in [0.4, 0.5) is 0 Å². The monoisotopic (exact) mass is 403 g/mol. The fourth-order valence-electron chi connectivity index (χ4n) is 2.12. The molecular formula is C15H22BrN3O3S. The van der Waals surface area contributed by atoms with Crippen molar-refractivity contribution in [3.63, 3.8) is 0 Å². The van der Waals surface area contributed by atoms with Gasteiger partial charge in [-0.15, -0.1) is 0 Å². The Balaban J connectivity index is 0.00000264. The van der Waals surface area contributed by atoms with Gasteiger partial charge in [-0.3, -0.25) is 4.98 Å². The van der Waals surface area contributed by atoms with Crippen LogP contribution in [0, 0.1) is 6.92 Å². The molecule has 1 heterocycles. The zero-order valence-electron chi connectivity index (χ0n) is 13.3. The van der Waals surface area contributed by atoms with Gasteiger partial charge in [-0.25, -0.2) is 17.7 Å². The Bertz CT molecular complexity index is 703. The number of aromatic amines is 1. The van der Waals surface area contributed by atoms with E-state index in [2.05, 4.69) is 9.71 Å². The number of H-pyrrole nitrogens is 1. The van der Waals surface area contributed by atoms with Gasteiger partial charge in [0.1, 0.15) is 18.1 Å². The summed E-state index contributed by atoms with van der Waals surface area (Å²) in [6.07, 6.45) is 6.29. The summed E-state index contributed by atoms with van der Waals surface area (Å²) in [5, 5.41) is 0. The SMILES string of the molecule is CCOc1ccc(S(=O)(=O)NCCC[n+]2cc[nH]c2)cc1C.[Br-]. The maximum atomic E-state index is 12.2. The Morgan fingerprint density at radius 3 is 2.74 bits per heavy atom. The van der Waals surface area contributed by atoms with Crippen molar-refractivity contribution in [2.24, 2.45) is 0 Å². The number of nitrogens with one attached hydrogen (secondary N) is 2. The average molecular weight is 404 g/mol. The van der Waals surface area contributed by atoms with Crippen molar-refractivity contribution in [1.29, 1.82) is 0 Å². The molecule has 0 saturated carbocycles. The molecule has 23 heavy (non-hydrogen) atoms. The molecule has 2 rings (SSSR count). The van der Waals surface area contributed by atoms with Crippen LogP contribution in [-0.2, 0) is 16.6 Å². The summed E-state index contributed by atoms with van der Waals surface area (Å²) in [5.74, 6) is 0.713. The first kappa shape index (κ1) is 19.7. The molecule has 8 heteroatoms. The number of aryl methyl sites for hydroxylation is 2. The lowest BCUT2D eigenvalue weighted by atomic mass is 10.2. The van der Waals surface area contributed by atoms with E-state index in [1.54, 1.807) is 18.2 Å². The van der Waals surface area contributed by atoms with Crippen LogP contribution in [0.1, 0.15) is 18.9 Å². The van der Waals surface area contributed by atoms with Crippen molar-refractivity contribution >= 4 is 10.0 Å². The standard InChI is InChI=1S/C15H21N3O3S.BrH/c1-3-21-15-6-5-14(11-13(15)2)22(19,20)17-7-4-9-18-10-8-16-12-18;/h5-6,8,10-12,17H,3-4,7,9H2,1-2H3;1H. The van der Waals surface area contributed by atoms with Gasteiger partial charge in [0.25, 0.3) is 0 Å². The molecule has 0 unspecified atom stereocenters. The summed E-state index contributed by atoms with van der Waals surface area (Å²) in [6, 6.07) is 4.90. The fraction of sp³-hybridized carbons (Fsp3) is 0.400. The zero-order chi connectivity index (χ0) is 16.0. The molecule has 0 saturated heterocycles. The summed E-state index contributed by atoms with van der Waals surface area (Å²) in [4.78, 5) is 3.21. The summed E-state index contributed by atoms with van der Waals surface area (Å²) in [6.45, 7) is 5.45. The van der Waals surface area contributed by atoms with Crippen LogP contribution in [0.3, 0.4) is 0 Å². The van der Waals surface area contributed by atoms with E-state index in [1.165, 1.54) is 0 Å². The molecule has 0 spiro atoms. The first-order chi connectivity index (χ1) is 10.5. The van der Waals surface area contributed by atoms with Crippen LogP contribution in [-0.4, -0.2) is 26.6 Å². The summed E-state index contributed by atoms with van der Waals surface area (Å²) < 4.78 is 34.5. The molecule has 2 aromatic rings. The highest BCUT2D eigenvalue weighted by atomic mass is 79.9. The highest BCUT2D eigenvalue weighted by Crippen LogP contribution is 2.21. The molecule has 0 fully saturated rings. The second-order valence-corrected chi connectivity index (χ2v) is 6.73. The van der Waals surface area contributed by atoms with Crippen LogP contribution in [0.2, 0.25) is 0 Å². The molecule has 0 radical (unpaired) electrons. The van der Waals surface area contributed by atoms with Crippen LogP contribution >= 0.6 is 0 Å². The van der Waals surface area contributed by atoms with E-state index in [9.17, 15) is 8.42 Å². The minimum atomic E-state index is -3.48. The molecule has 0 aliphatic rings. The van der Waals surface area contributed by atoms with Gasteiger partial charge in [0.05, 0.1) is 18.0 Å². The lowest BCUT2D eigenvalue weighted by Gasteiger charge is -2.10. The Labute approximate surface area is 147 Å². The van der Waals surface area contributed by atoms with E-state index < -0.39 is 10.0 Å². The summed E-state index contributed by atoms with van der Waals surface area (Å²) in [5.41, 5.74) is 0.813. The van der Waals surface area contributed by atoms with Crippen LogP contribution < -0.4 is 31.0 Å². The second-order valence-electron chi connectivity index (χ2n) is 4.96. The van der Waals surface area contributed by atoms with Crippen molar-refractivity contribution in [3.05, 3.63) is 42.5 Å². The quantitative estimate of drug-likeness (QED) is 0.411. The normalized spacial score (nSPS) is 11.0. The van der Waals surface area contributed by atoms with Crippen molar-refractivity contribution in [1.82, 2.24) is 9.71 Å². The predicted octanol–water partition coefficient (Wildman–Crippen LogP) is -1.62. The first-order valence-electron chi connectivity index (χ1n) is 7.28. The molecule has 2 N–H and O–H groups in total. The molecule has 0 amide bonds. The lowest BCUT2D eigenvalue weighted by Crippen LogP contribution is -3.00. The van der Waals surface area contributed by atoms with Crippen LogP contribution in [0.15, 0.2) is 41.8 Å². The maximum absolute atomic E-state index is 12.2. The number of sulfonamides is 1. The number of nitrogens with zero attached hydrogens (tertiary/aromatic N) is 1. The van der Waals surface area contributed by atoms with Gasteiger partial charge in [0.2, 0.25) is 16.4 Å². The molecule has 128 valence electrons. The van der Waals surface area contributed by atoms with E-state index in [-0.39, 0.29) is 21.9 Å². The third-order valence-corrected chi connectivity index (χ3v) is 4.70. The molecule has 1 aromatic carbocycles. The Kier molecular flexibility index (Phi) is 7.74. The van der Waals surface area contributed by atoms with Gasteiger partial charge in [0, 0.05) is 6.54 Å². The minimum absolute atomic E-state index is 0. The molecule has 0 bridgehead atoms. The molecule has 0 aliphatic heterocycles. The van der Waals surface area contributed by atoms with Gasteiger partial charge < -0.3 is 21.7 Å². The zero-order valence-corrected chi connectivity index (χ0v) is 15.7. The minimum Gasteiger partial charge on any atom is -1.00 e. The van der Waals surface area contributed by atoms with Crippen molar-refractivity contribution in [2.75, 3.05) is 13.2 Å². The van der Waals surface area contributed by atoms with E-state index in [0.717, 1.165) is 18.5 Å². The van der Waals surface area contributed by atoms with E-state index >= 15 is 0 Å². The number of halogens is 1. The fourth-order valence-corrected chi connectivity index (χ4v) is 3.28. The van der Waals surface area contributed by atoms with Crippen molar-refractivity contribution < 1.29 is 34.7 Å². The van der Waals surface area contributed by atoms with Gasteiger partial charge >= 0.3 is 0 Å². The number of rotatable bonds is 8. The highest BCUT2D eigenvalue weighted by molar-refractivity contribution is 7.89. The largest absolute Gasteiger partial charge is 1.00 e. The topological polar surface area (TPSA) is 75.1 Å². The van der Waals surface area contributed by atoms with E-state index in [0.29, 0.717) is 18.9 Å². The van der Waals surface area contributed by atoms with Gasteiger partial charge in [-0.05, 0) is 44.0 Å². The molecule has 6 nitrogen and oxygen atoms in total. The molecule has 0 aliphatic carbocycles. The van der Waals surface area contributed by atoms with E-state index in [4.69, 9.17) is 4.74 Å². The van der Waals surface area contributed by atoms with Gasteiger partial charge in [-0.1, -0.05) is 0 Å². The predicted molar refractivity (Wildman–Crippen MR) is 83.1 cm³/mol. The first-order valence-corrected chi connectivity index (χ1v) is 8.76. The van der Waals surface area contributed by atoms with E-state index in [1.807, 2.05) is 37.1 Å². The summed E-state index contributed by atoms with van der Waals surface area (Å²) in [7, 11) is -3.48. The number of imidazole rings is 1. The highest BCUT2D eigenvalue weighted by Gasteiger charge is 2.15. The maximum Gasteiger partial charge on any atom is 0.241 e. The lowest BCUT2D eigenvalue weighted by molar-refractivity contribution is -0.695. The third kappa shape index (κ3) is 5.63. The molecule has 0 atom stereocenters. The molecule has 1 aromatic heterocycles. The Morgan fingerprint density at radius 1 is 1.35 bits per heavy atom. The van der Waals surface area contributed by atoms with Crippen molar-refractivity contribution in [3.8, 4) is 5.75 Å². The third-order valence-electron chi connectivity index (χ3n) is 3.24. The number of hydrogen-bond donors (Lipinski definition) is 2. The number of aromatic nitrogens is 2. The number of hydrogen-bond acceptors (Lipinski definition) is 3. The van der Waals surface area contributed by atoms with Crippen molar-refractivity contribution in [2.45, 2.75) is 31.7 Å². The number of ether oxygens (including phenoxy) is 1. The summed E-state index contributed by atoms with van der Waals surface area (Å²) >= 11 is 0. The Hall–Kier alpha value is -1.38.